The van der Waals surface area contributed by atoms with E-state index in [-0.39, 0.29) is 11.9 Å². The first kappa shape index (κ1) is 16.3. The zero-order valence-corrected chi connectivity index (χ0v) is 14.4. The molecular formula is C20H20N4O2. The van der Waals surface area contributed by atoms with Crippen molar-refractivity contribution in [3.63, 3.8) is 0 Å². The minimum absolute atomic E-state index is 0.0139. The normalized spacial score (nSPS) is 16.6. The van der Waals surface area contributed by atoms with Crippen LogP contribution in [0.5, 0.6) is 11.6 Å². The minimum atomic E-state index is 0.0139. The molecule has 1 saturated heterocycles. The summed E-state index contributed by atoms with van der Waals surface area (Å²) in [4.78, 5) is 19.2. The van der Waals surface area contributed by atoms with Crippen molar-refractivity contribution in [2.45, 2.75) is 25.4 Å². The fourth-order valence-corrected chi connectivity index (χ4v) is 3.29. The molecule has 3 aromatic rings. The lowest BCUT2D eigenvalue weighted by atomic mass is 10.2. The van der Waals surface area contributed by atoms with E-state index in [0.29, 0.717) is 17.2 Å². The van der Waals surface area contributed by atoms with Crippen LogP contribution in [-0.4, -0.2) is 38.2 Å². The zero-order chi connectivity index (χ0) is 17.8. The van der Waals surface area contributed by atoms with Gasteiger partial charge in [-0.05, 0) is 37.1 Å². The summed E-state index contributed by atoms with van der Waals surface area (Å²) in [5, 5.41) is 4.26. The fourth-order valence-electron chi connectivity index (χ4n) is 3.29. The molecule has 1 aliphatic rings. The predicted octanol–water partition coefficient (Wildman–Crippen LogP) is 3.38. The Morgan fingerprint density at radius 3 is 2.85 bits per heavy atom. The topological polar surface area (TPSA) is 60.2 Å². The molecule has 0 N–H and O–H groups in total. The monoisotopic (exact) mass is 348 g/mol. The first-order valence-corrected chi connectivity index (χ1v) is 8.77. The zero-order valence-electron chi connectivity index (χ0n) is 14.4. The molecule has 3 heterocycles. The summed E-state index contributed by atoms with van der Waals surface area (Å²) >= 11 is 0. The summed E-state index contributed by atoms with van der Waals surface area (Å²) in [6.45, 7) is 1.49. The highest BCUT2D eigenvalue weighted by Crippen LogP contribution is 2.24. The van der Waals surface area contributed by atoms with Gasteiger partial charge >= 0.3 is 0 Å². The molecule has 4 rings (SSSR count). The quantitative estimate of drug-likeness (QED) is 0.709. The van der Waals surface area contributed by atoms with Crippen molar-refractivity contribution >= 4 is 5.91 Å². The number of amides is 1. The molecule has 6 heteroatoms. The Morgan fingerprint density at radius 2 is 2.04 bits per heavy atom. The summed E-state index contributed by atoms with van der Waals surface area (Å²) in [7, 11) is 0. The molecule has 1 amide bonds. The third kappa shape index (κ3) is 3.59. The second-order valence-electron chi connectivity index (χ2n) is 6.32. The van der Waals surface area contributed by atoms with Gasteiger partial charge in [0.2, 0.25) is 5.88 Å². The molecule has 26 heavy (non-hydrogen) atoms. The number of carbonyl (C=O) groups is 1. The van der Waals surface area contributed by atoms with Gasteiger partial charge in [-0.2, -0.15) is 5.10 Å². The second-order valence-corrected chi connectivity index (χ2v) is 6.32. The highest BCUT2D eigenvalue weighted by molar-refractivity contribution is 5.94. The highest BCUT2D eigenvalue weighted by atomic mass is 16.5. The molecule has 132 valence electrons. The molecular weight excluding hydrogens is 328 g/mol. The fraction of sp³-hybridized carbons (Fsp3) is 0.250. The van der Waals surface area contributed by atoms with Crippen LogP contribution in [0.2, 0.25) is 0 Å². The number of hydrogen-bond donors (Lipinski definition) is 0. The van der Waals surface area contributed by atoms with Gasteiger partial charge in [0, 0.05) is 36.8 Å². The molecule has 0 radical (unpaired) electrons. The van der Waals surface area contributed by atoms with Gasteiger partial charge in [-0.15, -0.1) is 0 Å². The van der Waals surface area contributed by atoms with E-state index in [1.54, 1.807) is 24.5 Å². The molecule has 0 saturated carbocycles. The van der Waals surface area contributed by atoms with Gasteiger partial charge in [0.15, 0.2) is 0 Å². The number of aromatic nitrogens is 3. The molecule has 0 spiro atoms. The third-order valence-electron chi connectivity index (χ3n) is 4.54. The maximum Gasteiger partial charge on any atom is 0.254 e. The standard InChI is InChI=1S/C20H20N4O2/c25-20(24-13-4-6-17(24)15-23-12-5-10-22-23)16-9-11-21-19(14-16)26-18-7-2-1-3-8-18/h1-3,5,7-12,14,17H,4,6,13,15H2. The van der Waals surface area contributed by atoms with E-state index in [2.05, 4.69) is 10.1 Å². The van der Waals surface area contributed by atoms with Gasteiger partial charge in [0.05, 0.1) is 12.6 Å². The molecule has 1 aliphatic heterocycles. The maximum atomic E-state index is 13.0. The lowest BCUT2D eigenvalue weighted by Gasteiger charge is -2.25. The molecule has 6 nitrogen and oxygen atoms in total. The second kappa shape index (κ2) is 7.39. The summed E-state index contributed by atoms with van der Waals surface area (Å²) < 4.78 is 7.63. The maximum absolute atomic E-state index is 13.0. The third-order valence-corrected chi connectivity index (χ3v) is 4.54. The van der Waals surface area contributed by atoms with Crippen molar-refractivity contribution in [2.24, 2.45) is 0 Å². The van der Waals surface area contributed by atoms with Crippen molar-refractivity contribution in [1.82, 2.24) is 19.7 Å². The average molecular weight is 348 g/mol. The number of ether oxygens (including phenoxy) is 1. The number of pyridine rings is 1. The Kier molecular flexibility index (Phi) is 4.64. The number of rotatable bonds is 5. The first-order valence-electron chi connectivity index (χ1n) is 8.77. The number of benzene rings is 1. The predicted molar refractivity (Wildman–Crippen MR) is 97.0 cm³/mol. The van der Waals surface area contributed by atoms with Gasteiger partial charge in [0.25, 0.3) is 5.91 Å². The van der Waals surface area contributed by atoms with Crippen LogP contribution in [0, 0.1) is 0 Å². The Morgan fingerprint density at radius 1 is 1.15 bits per heavy atom. The van der Waals surface area contributed by atoms with Crippen LogP contribution in [0.3, 0.4) is 0 Å². The summed E-state index contributed by atoms with van der Waals surface area (Å²) in [6.07, 6.45) is 7.31. The Balaban J connectivity index is 1.49. The number of para-hydroxylation sites is 1. The molecule has 0 bridgehead atoms. The SMILES string of the molecule is O=C(c1ccnc(Oc2ccccc2)c1)N1CCCC1Cn1cccn1. The van der Waals surface area contributed by atoms with E-state index in [4.69, 9.17) is 4.74 Å². The van der Waals surface area contributed by atoms with Crippen molar-refractivity contribution in [1.29, 1.82) is 0 Å². The molecule has 1 atom stereocenters. The minimum Gasteiger partial charge on any atom is -0.439 e. The van der Waals surface area contributed by atoms with Gasteiger partial charge < -0.3 is 9.64 Å². The van der Waals surface area contributed by atoms with Crippen LogP contribution in [0.4, 0.5) is 0 Å². The van der Waals surface area contributed by atoms with Crippen molar-refractivity contribution in [3.05, 3.63) is 72.7 Å². The largest absolute Gasteiger partial charge is 0.439 e. The lowest BCUT2D eigenvalue weighted by Crippen LogP contribution is -2.38. The van der Waals surface area contributed by atoms with Crippen LogP contribution in [0.25, 0.3) is 0 Å². The van der Waals surface area contributed by atoms with Gasteiger partial charge in [0.1, 0.15) is 5.75 Å². The molecule has 0 aliphatic carbocycles. The van der Waals surface area contributed by atoms with Crippen LogP contribution in [0.15, 0.2) is 67.1 Å². The Hall–Kier alpha value is -3.15. The van der Waals surface area contributed by atoms with Crippen molar-refractivity contribution in [3.8, 4) is 11.6 Å². The van der Waals surface area contributed by atoms with E-state index in [1.807, 2.05) is 52.2 Å². The molecule has 1 fully saturated rings. The first-order chi connectivity index (χ1) is 12.8. The Labute approximate surface area is 152 Å². The van der Waals surface area contributed by atoms with Gasteiger partial charge in [-0.1, -0.05) is 18.2 Å². The summed E-state index contributed by atoms with van der Waals surface area (Å²) in [5.41, 5.74) is 0.596. The van der Waals surface area contributed by atoms with Gasteiger partial charge in [-0.25, -0.2) is 4.98 Å². The average Bonchev–Trinajstić information content (AvgIpc) is 3.35. The van der Waals surface area contributed by atoms with E-state index in [1.165, 1.54) is 0 Å². The molecule has 1 unspecified atom stereocenters. The van der Waals surface area contributed by atoms with E-state index < -0.39 is 0 Å². The Bertz CT molecular complexity index is 865. The number of nitrogens with zero attached hydrogens (tertiary/aromatic N) is 4. The molecule has 1 aromatic carbocycles. The summed E-state index contributed by atoms with van der Waals surface area (Å²) in [6, 6.07) is 14.9. The smallest absolute Gasteiger partial charge is 0.254 e. The van der Waals surface area contributed by atoms with Crippen LogP contribution < -0.4 is 4.74 Å². The van der Waals surface area contributed by atoms with E-state index in [9.17, 15) is 4.79 Å². The van der Waals surface area contributed by atoms with E-state index in [0.717, 1.165) is 25.9 Å². The van der Waals surface area contributed by atoms with Crippen molar-refractivity contribution < 1.29 is 9.53 Å². The lowest BCUT2D eigenvalue weighted by molar-refractivity contribution is 0.0721. The number of hydrogen-bond acceptors (Lipinski definition) is 4. The van der Waals surface area contributed by atoms with Crippen molar-refractivity contribution in [2.75, 3.05) is 6.54 Å². The van der Waals surface area contributed by atoms with E-state index >= 15 is 0 Å². The van der Waals surface area contributed by atoms with Crippen LogP contribution in [0.1, 0.15) is 23.2 Å². The summed E-state index contributed by atoms with van der Waals surface area (Å²) in [5.74, 6) is 1.13. The van der Waals surface area contributed by atoms with Crippen LogP contribution >= 0.6 is 0 Å². The van der Waals surface area contributed by atoms with Gasteiger partial charge in [-0.3, -0.25) is 9.48 Å². The number of carbonyl (C=O) groups excluding carboxylic acids is 1. The number of likely N-dealkylation sites (tertiary alicyclic amines) is 1. The van der Waals surface area contributed by atoms with Crippen LogP contribution in [-0.2, 0) is 6.54 Å². The molecule has 2 aromatic heterocycles. The highest BCUT2D eigenvalue weighted by Gasteiger charge is 2.30.